The molecule has 0 fully saturated rings. The molecule has 2 rings (SSSR count). The summed E-state index contributed by atoms with van der Waals surface area (Å²) < 4.78 is 5.93. The summed E-state index contributed by atoms with van der Waals surface area (Å²) in [6, 6.07) is 11.9. The molecule has 1 amide bonds. The maximum atomic E-state index is 12.5. The Bertz CT molecular complexity index is 707. The second-order valence-electron chi connectivity index (χ2n) is 6.07. The predicted molar refractivity (Wildman–Crippen MR) is 95.2 cm³/mol. The van der Waals surface area contributed by atoms with E-state index in [9.17, 15) is 4.79 Å². The van der Waals surface area contributed by atoms with E-state index in [1.807, 2.05) is 58.0 Å². The lowest BCUT2D eigenvalue weighted by Gasteiger charge is -2.19. The summed E-state index contributed by atoms with van der Waals surface area (Å²) in [6.07, 6.45) is 0.113. The Morgan fingerprint density at radius 3 is 2.35 bits per heavy atom. The van der Waals surface area contributed by atoms with Crippen LogP contribution in [0.1, 0.15) is 35.6 Å². The first-order valence-electron chi connectivity index (χ1n) is 8.02. The van der Waals surface area contributed by atoms with Gasteiger partial charge in [-0.05, 0) is 69.0 Å². The average molecular weight is 311 g/mol. The van der Waals surface area contributed by atoms with Gasteiger partial charge in [0.2, 0.25) is 0 Å². The van der Waals surface area contributed by atoms with E-state index in [0.29, 0.717) is 6.42 Å². The fourth-order valence-electron chi connectivity index (χ4n) is 2.45. The van der Waals surface area contributed by atoms with Gasteiger partial charge in [0.25, 0.3) is 5.91 Å². The SMILES string of the molecule is CCC(Oc1ccc(C)cc1C)C(=O)Nc1ccc(C)c(C)c1. The molecule has 3 nitrogen and oxygen atoms in total. The predicted octanol–water partition coefficient (Wildman–Crippen LogP) is 4.72. The molecular weight excluding hydrogens is 286 g/mol. The molecule has 0 aliphatic rings. The van der Waals surface area contributed by atoms with Gasteiger partial charge in [-0.1, -0.05) is 30.7 Å². The summed E-state index contributed by atoms with van der Waals surface area (Å²) in [7, 11) is 0. The molecule has 0 saturated heterocycles. The highest BCUT2D eigenvalue weighted by molar-refractivity contribution is 5.94. The van der Waals surface area contributed by atoms with Gasteiger partial charge in [-0.2, -0.15) is 0 Å². The van der Waals surface area contributed by atoms with Crippen LogP contribution in [0.2, 0.25) is 0 Å². The van der Waals surface area contributed by atoms with Gasteiger partial charge in [0.1, 0.15) is 5.75 Å². The normalized spacial score (nSPS) is 11.9. The number of amides is 1. The Morgan fingerprint density at radius 1 is 1.00 bits per heavy atom. The molecule has 0 aliphatic heterocycles. The van der Waals surface area contributed by atoms with Gasteiger partial charge >= 0.3 is 0 Å². The molecule has 0 aliphatic carbocycles. The third-order valence-electron chi connectivity index (χ3n) is 4.04. The van der Waals surface area contributed by atoms with Crippen LogP contribution in [0.5, 0.6) is 5.75 Å². The monoisotopic (exact) mass is 311 g/mol. The van der Waals surface area contributed by atoms with E-state index in [1.54, 1.807) is 0 Å². The Hall–Kier alpha value is -2.29. The van der Waals surface area contributed by atoms with Crippen molar-refractivity contribution in [3.63, 3.8) is 0 Å². The van der Waals surface area contributed by atoms with E-state index >= 15 is 0 Å². The summed E-state index contributed by atoms with van der Waals surface area (Å²) >= 11 is 0. The molecule has 0 saturated carbocycles. The van der Waals surface area contributed by atoms with Crippen molar-refractivity contribution < 1.29 is 9.53 Å². The molecule has 0 spiro atoms. The molecule has 3 heteroatoms. The standard InChI is InChI=1S/C20H25NO2/c1-6-18(23-19-10-7-13(2)11-16(19)5)20(22)21-17-9-8-14(3)15(4)12-17/h7-12,18H,6H2,1-5H3,(H,21,22). The Balaban J connectivity index is 2.10. The third-order valence-corrected chi connectivity index (χ3v) is 4.04. The van der Waals surface area contributed by atoms with Crippen molar-refractivity contribution in [2.75, 3.05) is 5.32 Å². The highest BCUT2D eigenvalue weighted by Gasteiger charge is 2.19. The second kappa shape index (κ2) is 7.32. The number of aryl methyl sites for hydroxylation is 4. The summed E-state index contributed by atoms with van der Waals surface area (Å²) in [6.45, 7) is 10.1. The lowest BCUT2D eigenvalue weighted by molar-refractivity contribution is -0.122. The van der Waals surface area contributed by atoms with Crippen molar-refractivity contribution in [2.45, 2.75) is 47.1 Å². The summed E-state index contributed by atoms with van der Waals surface area (Å²) in [4.78, 5) is 12.5. The van der Waals surface area contributed by atoms with E-state index in [-0.39, 0.29) is 5.91 Å². The molecule has 2 aromatic rings. The zero-order valence-corrected chi connectivity index (χ0v) is 14.6. The first-order chi connectivity index (χ1) is 10.9. The van der Waals surface area contributed by atoms with Crippen molar-refractivity contribution in [1.82, 2.24) is 0 Å². The molecule has 1 atom stereocenters. The van der Waals surface area contributed by atoms with Crippen LogP contribution in [-0.4, -0.2) is 12.0 Å². The Kier molecular flexibility index (Phi) is 5.43. The number of hydrogen-bond donors (Lipinski definition) is 1. The van der Waals surface area contributed by atoms with Crippen molar-refractivity contribution in [3.8, 4) is 5.75 Å². The van der Waals surface area contributed by atoms with Crippen molar-refractivity contribution in [3.05, 3.63) is 58.7 Å². The fraction of sp³-hybridized carbons (Fsp3) is 0.350. The van der Waals surface area contributed by atoms with Gasteiger partial charge < -0.3 is 10.1 Å². The van der Waals surface area contributed by atoms with E-state index < -0.39 is 6.10 Å². The zero-order valence-electron chi connectivity index (χ0n) is 14.6. The highest BCUT2D eigenvalue weighted by atomic mass is 16.5. The van der Waals surface area contributed by atoms with E-state index in [1.165, 1.54) is 11.1 Å². The number of rotatable bonds is 5. The van der Waals surface area contributed by atoms with Crippen molar-refractivity contribution in [2.24, 2.45) is 0 Å². The molecule has 0 bridgehead atoms. The second-order valence-corrected chi connectivity index (χ2v) is 6.07. The molecular formula is C20H25NO2. The number of benzene rings is 2. The van der Waals surface area contributed by atoms with Crippen molar-refractivity contribution in [1.29, 1.82) is 0 Å². The van der Waals surface area contributed by atoms with Gasteiger partial charge in [0, 0.05) is 5.69 Å². The minimum atomic E-state index is -0.502. The third kappa shape index (κ3) is 4.35. The number of hydrogen-bond acceptors (Lipinski definition) is 2. The Labute approximate surface area is 138 Å². The molecule has 2 aromatic carbocycles. The first kappa shape index (κ1) is 17.1. The number of carbonyl (C=O) groups excluding carboxylic acids is 1. The highest BCUT2D eigenvalue weighted by Crippen LogP contribution is 2.22. The zero-order chi connectivity index (χ0) is 17.0. The van der Waals surface area contributed by atoms with Crippen LogP contribution in [-0.2, 0) is 4.79 Å². The van der Waals surface area contributed by atoms with Crippen LogP contribution in [0, 0.1) is 27.7 Å². The number of ether oxygens (including phenoxy) is 1. The van der Waals surface area contributed by atoms with Gasteiger partial charge in [-0.3, -0.25) is 4.79 Å². The van der Waals surface area contributed by atoms with Crippen LogP contribution >= 0.6 is 0 Å². The Morgan fingerprint density at radius 2 is 1.74 bits per heavy atom. The van der Waals surface area contributed by atoms with E-state index in [4.69, 9.17) is 4.74 Å². The van der Waals surface area contributed by atoms with E-state index in [0.717, 1.165) is 22.6 Å². The molecule has 0 radical (unpaired) electrons. The number of carbonyl (C=O) groups is 1. The quantitative estimate of drug-likeness (QED) is 0.868. The topological polar surface area (TPSA) is 38.3 Å². The van der Waals surface area contributed by atoms with Crippen LogP contribution < -0.4 is 10.1 Å². The van der Waals surface area contributed by atoms with Gasteiger partial charge in [-0.25, -0.2) is 0 Å². The lowest BCUT2D eigenvalue weighted by Crippen LogP contribution is -2.32. The number of nitrogens with one attached hydrogen (secondary N) is 1. The largest absolute Gasteiger partial charge is 0.480 e. The van der Waals surface area contributed by atoms with Crippen LogP contribution in [0.15, 0.2) is 36.4 Å². The summed E-state index contributed by atoms with van der Waals surface area (Å²) in [5.41, 5.74) is 5.40. The molecule has 1 unspecified atom stereocenters. The maximum Gasteiger partial charge on any atom is 0.265 e. The molecule has 0 heterocycles. The smallest absolute Gasteiger partial charge is 0.265 e. The molecule has 1 N–H and O–H groups in total. The maximum absolute atomic E-state index is 12.5. The minimum absolute atomic E-state index is 0.115. The van der Waals surface area contributed by atoms with Gasteiger partial charge in [0.05, 0.1) is 0 Å². The van der Waals surface area contributed by atoms with Gasteiger partial charge in [0.15, 0.2) is 6.10 Å². The van der Waals surface area contributed by atoms with Crippen LogP contribution in [0.25, 0.3) is 0 Å². The van der Waals surface area contributed by atoms with E-state index in [2.05, 4.69) is 18.3 Å². The van der Waals surface area contributed by atoms with Gasteiger partial charge in [-0.15, -0.1) is 0 Å². The fourth-order valence-corrected chi connectivity index (χ4v) is 2.45. The lowest BCUT2D eigenvalue weighted by atomic mass is 10.1. The first-order valence-corrected chi connectivity index (χ1v) is 8.02. The van der Waals surface area contributed by atoms with Crippen LogP contribution in [0.3, 0.4) is 0 Å². The minimum Gasteiger partial charge on any atom is -0.480 e. The molecule has 0 aromatic heterocycles. The van der Waals surface area contributed by atoms with Crippen molar-refractivity contribution >= 4 is 11.6 Å². The number of anilines is 1. The molecule has 23 heavy (non-hydrogen) atoms. The summed E-state index contributed by atoms with van der Waals surface area (Å²) in [5.74, 6) is 0.647. The van der Waals surface area contributed by atoms with Crippen LogP contribution in [0.4, 0.5) is 5.69 Å². The molecule has 122 valence electrons. The average Bonchev–Trinajstić information content (AvgIpc) is 2.50. The summed E-state index contributed by atoms with van der Waals surface area (Å²) in [5, 5.41) is 2.95.